The zero-order valence-electron chi connectivity index (χ0n) is 8.48. The van der Waals surface area contributed by atoms with E-state index in [2.05, 4.69) is 5.16 Å². The maximum Gasteiger partial charge on any atom is 0.231 e. The van der Waals surface area contributed by atoms with Crippen molar-refractivity contribution in [3.8, 4) is 11.5 Å². The molecule has 0 N–H and O–H groups in total. The number of fused-ring (bicyclic) bond motifs is 1. The maximum atomic E-state index is 5.71. The molecule has 0 saturated carbocycles. The van der Waals surface area contributed by atoms with Gasteiger partial charge in [-0.15, -0.1) is 11.6 Å². The summed E-state index contributed by atoms with van der Waals surface area (Å²) in [5, 5.41) is 4.02. The van der Waals surface area contributed by atoms with Crippen LogP contribution >= 0.6 is 11.6 Å². The van der Waals surface area contributed by atoms with Crippen LogP contribution in [0.3, 0.4) is 0 Å². The van der Waals surface area contributed by atoms with Gasteiger partial charge < -0.3 is 14.3 Å². The zero-order valence-corrected chi connectivity index (χ0v) is 9.24. The minimum Gasteiger partial charge on any atom is -0.454 e. The Morgan fingerprint density at radius 3 is 3.00 bits per heavy atom. The lowest BCUT2D eigenvalue weighted by Gasteiger charge is -2.02. The predicted octanol–water partition coefficient (Wildman–Crippen LogP) is 2.15. The van der Waals surface area contributed by atoms with E-state index in [-0.39, 0.29) is 12.9 Å². The first-order valence-electron chi connectivity index (χ1n) is 5.05. The third-order valence-electron chi connectivity index (χ3n) is 2.61. The van der Waals surface area contributed by atoms with Gasteiger partial charge in [0.25, 0.3) is 0 Å². The average Bonchev–Trinajstić information content (AvgIpc) is 2.96. The molecule has 1 aromatic carbocycles. The molecule has 0 aromatic heterocycles. The maximum absolute atomic E-state index is 5.71. The van der Waals surface area contributed by atoms with E-state index in [0.29, 0.717) is 5.88 Å². The van der Waals surface area contributed by atoms with E-state index < -0.39 is 0 Å². The van der Waals surface area contributed by atoms with Crippen molar-refractivity contribution in [2.24, 2.45) is 5.16 Å². The van der Waals surface area contributed by atoms with E-state index in [1.807, 2.05) is 18.2 Å². The van der Waals surface area contributed by atoms with E-state index in [9.17, 15) is 0 Å². The first-order valence-corrected chi connectivity index (χ1v) is 5.59. The first-order chi connectivity index (χ1) is 7.86. The van der Waals surface area contributed by atoms with Gasteiger partial charge in [0.1, 0.15) is 6.10 Å². The second-order valence-electron chi connectivity index (χ2n) is 3.69. The van der Waals surface area contributed by atoms with Crippen LogP contribution in [0.1, 0.15) is 12.0 Å². The Balaban J connectivity index is 1.85. The number of rotatable bonds is 2. The molecule has 1 aromatic rings. The minimum atomic E-state index is -0.0120. The number of ether oxygens (including phenoxy) is 2. The molecule has 0 aliphatic carbocycles. The highest BCUT2D eigenvalue weighted by Crippen LogP contribution is 2.33. The van der Waals surface area contributed by atoms with Crippen molar-refractivity contribution in [2.75, 3.05) is 12.7 Å². The molecule has 0 unspecified atom stereocenters. The number of halogens is 1. The van der Waals surface area contributed by atoms with Crippen LogP contribution in [0.2, 0.25) is 0 Å². The van der Waals surface area contributed by atoms with E-state index in [0.717, 1.165) is 29.2 Å². The molecule has 2 aliphatic heterocycles. The second kappa shape index (κ2) is 3.87. The smallest absolute Gasteiger partial charge is 0.231 e. The summed E-state index contributed by atoms with van der Waals surface area (Å²) >= 11 is 5.71. The Kier molecular flexibility index (Phi) is 2.36. The van der Waals surface area contributed by atoms with Gasteiger partial charge in [-0.3, -0.25) is 0 Å². The molecule has 0 fully saturated rings. The molecule has 4 nitrogen and oxygen atoms in total. The van der Waals surface area contributed by atoms with Crippen LogP contribution in [-0.4, -0.2) is 24.5 Å². The summed E-state index contributed by atoms with van der Waals surface area (Å²) in [6, 6.07) is 5.75. The highest BCUT2D eigenvalue weighted by Gasteiger charge is 2.23. The summed E-state index contributed by atoms with van der Waals surface area (Å²) in [6.45, 7) is 0.284. The summed E-state index contributed by atoms with van der Waals surface area (Å²) in [5.41, 5.74) is 1.90. The van der Waals surface area contributed by atoms with Crippen LogP contribution in [-0.2, 0) is 4.84 Å². The molecule has 2 heterocycles. The van der Waals surface area contributed by atoms with Crippen molar-refractivity contribution < 1.29 is 14.3 Å². The molecule has 1 atom stereocenters. The number of benzene rings is 1. The molecular weight excluding hydrogens is 230 g/mol. The van der Waals surface area contributed by atoms with E-state index in [1.165, 1.54) is 0 Å². The molecule has 0 radical (unpaired) electrons. The summed E-state index contributed by atoms with van der Waals surface area (Å²) in [4.78, 5) is 5.17. The topological polar surface area (TPSA) is 40.0 Å². The first kappa shape index (κ1) is 9.78. The lowest BCUT2D eigenvalue weighted by Crippen LogP contribution is -2.09. The normalized spacial score (nSPS) is 21.8. The lowest BCUT2D eigenvalue weighted by atomic mass is 10.1. The van der Waals surface area contributed by atoms with Gasteiger partial charge in [-0.2, -0.15) is 0 Å². The second-order valence-corrected chi connectivity index (χ2v) is 4.00. The molecule has 0 amide bonds. The van der Waals surface area contributed by atoms with E-state index in [1.54, 1.807) is 0 Å². The fraction of sp³-hybridized carbons (Fsp3) is 0.364. The third-order valence-corrected chi connectivity index (χ3v) is 2.96. The standard InChI is InChI=1S/C11H10ClNO3/c12-5-8-4-9(13-16-8)7-1-2-10-11(3-7)15-6-14-10/h1-3,8H,4-6H2/t8-/m1/s1. The summed E-state index contributed by atoms with van der Waals surface area (Å²) in [5.74, 6) is 1.99. The van der Waals surface area contributed by atoms with Gasteiger partial charge in [0.05, 0.1) is 11.6 Å². The molecule has 0 saturated heterocycles. The number of hydrogen-bond donors (Lipinski definition) is 0. The van der Waals surface area contributed by atoms with E-state index >= 15 is 0 Å². The van der Waals surface area contributed by atoms with Crippen LogP contribution in [0.15, 0.2) is 23.4 Å². The Hall–Kier alpha value is -1.42. The van der Waals surface area contributed by atoms with Crippen LogP contribution in [0.5, 0.6) is 11.5 Å². The van der Waals surface area contributed by atoms with Gasteiger partial charge >= 0.3 is 0 Å². The largest absolute Gasteiger partial charge is 0.454 e. The lowest BCUT2D eigenvalue weighted by molar-refractivity contribution is 0.102. The molecule has 0 spiro atoms. The Bertz CT molecular complexity index is 447. The highest BCUT2D eigenvalue weighted by molar-refractivity contribution is 6.18. The van der Waals surface area contributed by atoms with Crippen molar-refractivity contribution in [1.82, 2.24) is 0 Å². The zero-order chi connectivity index (χ0) is 11.0. The third kappa shape index (κ3) is 1.59. The Labute approximate surface area is 97.7 Å². The summed E-state index contributed by atoms with van der Waals surface area (Å²) < 4.78 is 10.6. The SMILES string of the molecule is ClC[C@H]1CC(c2ccc3c(c2)OCO3)=NO1. The summed E-state index contributed by atoms with van der Waals surface area (Å²) in [7, 11) is 0. The van der Waals surface area contributed by atoms with Gasteiger partial charge in [-0.25, -0.2) is 0 Å². The van der Waals surface area contributed by atoms with Gasteiger partial charge in [0, 0.05) is 12.0 Å². The molecule has 2 aliphatic rings. The molecule has 0 bridgehead atoms. The minimum absolute atomic E-state index is 0.0120. The van der Waals surface area contributed by atoms with Crippen LogP contribution in [0.25, 0.3) is 0 Å². The fourth-order valence-electron chi connectivity index (χ4n) is 1.76. The Morgan fingerprint density at radius 1 is 1.31 bits per heavy atom. The summed E-state index contributed by atoms with van der Waals surface area (Å²) in [6.07, 6.45) is 0.727. The van der Waals surface area contributed by atoms with Crippen LogP contribution < -0.4 is 9.47 Å². The van der Waals surface area contributed by atoms with Crippen LogP contribution in [0.4, 0.5) is 0 Å². The average molecular weight is 240 g/mol. The van der Waals surface area contributed by atoms with E-state index in [4.69, 9.17) is 25.9 Å². The quantitative estimate of drug-likeness (QED) is 0.743. The van der Waals surface area contributed by atoms with Gasteiger partial charge in [-0.1, -0.05) is 5.16 Å². The van der Waals surface area contributed by atoms with Gasteiger partial charge in [0.15, 0.2) is 11.5 Å². The molecule has 3 rings (SSSR count). The van der Waals surface area contributed by atoms with Gasteiger partial charge in [-0.05, 0) is 18.2 Å². The predicted molar refractivity (Wildman–Crippen MR) is 59.3 cm³/mol. The van der Waals surface area contributed by atoms with Crippen molar-refractivity contribution in [2.45, 2.75) is 12.5 Å². The van der Waals surface area contributed by atoms with Crippen molar-refractivity contribution >= 4 is 17.3 Å². The van der Waals surface area contributed by atoms with Crippen molar-refractivity contribution in [3.63, 3.8) is 0 Å². The highest BCUT2D eigenvalue weighted by atomic mass is 35.5. The van der Waals surface area contributed by atoms with Crippen molar-refractivity contribution in [3.05, 3.63) is 23.8 Å². The molecule has 5 heteroatoms. The Morgan fingerprint density at radius 2 is 2.19 bits per heavy atom. The number of nitrogens with zero attached hydrogens (tertiary/aromatic N) is 1. The molecule has 84 valence electrons. The monoisotopic (exact) mass is 239 g/mol. The fourth-order valence-corrected chi connectivity index (χ4v) is 1.92. The molecular formula is C11H10ClNO3. The number of alkyl halides is 1. The number of oxime groups is 1. The number of hydrogen-bond acceptors (Lipinski definition) is 4. The van der Waals surface area contributed by atoms with Crippen LogP contribution in [0, 0.1) is 0 Å². The molecule has 16 heavy (non-hydrogen) atoms. The van der Waals surface area contributed by atoms with Crippen molar-refractivity contribution in [1.29, 1.82) is 0 Å². The van der Waals surface area contributed by atoms with Gasteiger partial charge in [0.2, 0.25) is 6.79 Å².